The van der Waals surface area contributed by atoms with Crippen molar-refractivity contribution in [2.45, 2.75) is 65.1 Å². The Labute approximate surface area is 131 Å². The van der Waals surface area contributed by atoms with E-state index in [1.54, 1.807) is 6.92 Å². The monoisotopic (exact) mass is 310 g/mol. The van der Waals surface area contributed by atoms with Gasteiger partial charge in [-0.1, -0.05) is 12.5 Å². The van der Waals surface area contributed by atoms with Crippen LogP contribution in [0.25, 0.3) is 0 Å². The lowest BCUT2D eigenvalue weighted by molar-refractivity contribution is -0.152. The molecule has 0 radical (unpaired) electrons. The van der Waals surface area contributed by atoms with E-state index in [9.17, 15) is 19.8 Å². The van der Waals surface area contributed by atoms with Crippen molar-refractivity contribution in [3.63, 3.8) is 0 Å². The number of carbonyl (C=O) groups excluding carboxylic acids is 2. The number of hydrogen-bond donors (Lipinski definition) is 2. The average molecular weight is 310 g/mol. The summed E-state index contributed by atoms with van der Waals surface area (Å²) in [4.78, 5) is 23.0. The van der Waals surface area contributed by atoms with Gasteiger partial charge in [-0.2, -0.15) is 0 Å². The van der Waals surface area contributed by atoms with Crippen LogP contribution >= 0.6 is 0 Å². The van der Waals surface area contributed by atoms with Gasteiger partial charge >= 0.3 is 5.97 Å². The first kappa shape index (κ1) is 17.2. The Hall–Kier alpha value is -1.20. The Morgan fingerprint density at radius 2 is 2.09 bits per heavy atom. The maximum absolute atomic E-state index is 12.0. The average Bonchev–Trinajstić information content (AvgIpc) is 2.43. The predicted molar refractivity (Wildman–Crippen MR) is 81.0 cm³/mol. The van der Waals surface area contributed by atoms with Gasteiger partial charge < -0.3 is 14.9 Å². The molecule has 0 aromatic carbocycles. The van der Waals surface area contributed by atoms with Gasteiger partial charge in [0.15, 0.2) is 5.78 Å². The molecule has 2 rings (SSSR count). The minimum atomic E-state index is -1.13. The molecule has 2 N–H and O–H groups in total. The molecular formula is C17H26O5. The van der Waals surface area contributed by atoms with Crippen LogP contribution in [0.5, 0.6) is 0 Å². The van der Waals surface area contributed by atoms with E-state index in [1.807, 2.05) is 13.8 Å². The number of fused-ring (bicyclic) bond motifs is 1. The molecule has 1 saturated carbocycles. The molecule has 0 saturated heterocycles. The predicted octanol–water partition coefficient (Wildman–Crippen LogP) is 1.76. The normalized spacial score (nSPS) is 34.9. The van der Waals surface area contributed by atoms with Gasteiger partial charge in [0.05, 0.1) is 11.7 Å². The second-order valence-electron chi connectivity index (χ2n) is 7.24. The van der Waals surface area contributed by atoms with Crippen LogP contribution in [0.2, 0.25) is 0 Å². The second kappa shape index (κ2) is 5.78. The van der Waals surface area contributed by atoms with E-state index in [2.05, 4.69) is 0 Å². The van der Waals surface area contributed by atoms with E-state index in [4.69, 9.17) is 4.74 Å². The fraction of sp³-hybridized carbons (Fsp3) is 0.765. The van der Waals surface area contributed by atoms with Crippen molar-refractivity contribution in [1.29, 1.82) is 0 Å². The third-order valence-electron chi connectivity index (χ3n) is 5.58. The molecule has 4 atom stereocenters. The Bertz CT molecular complexity index is 519. The number of Topliss-reactive ketones (excluding diaryl/α,β-unsaturated/α-hetero) is 1. The fourth-order valence-corrected chi connectivity index (χ4v) is 3.77. The second-order valence-corrected chi connectivity index (χ2v) is 7.24. The quantitative estimate of drug-likeness (QED) is 0.776. The number of ether oxygens (including phenoxy) is 1. The highest BCUT2D eigenvalue weighted by molar-refractivity contribution is 5.97. The first-order valence-electron chi connectivity index (χ1n) is 7.85. The van der Waals surface area contributed by atoms with Crippen molar-refractivity contribution in [1.82, 2.24) is 0 Å². The van der Waals surface area contributed by atoms with Crippen LogP contribution in [-0.2, 0) is 14.3 Å². The Morgan fingerprint density at radius 1 is 1.45 bits per heavy atom. The molecule has 0 aromatic rings. The molecule has 0 spiro atoms. The van der Waals surface area contributed by atoms with Crippen molar-refractivity contribution in [2.24, 2.45) is 11.3 Å². The number of ketones is 1. The minimum Gasteiger partial charge on any atom is -0.463 e. The number of carbonyl (C=O) groups is 2. The van der Waals surface area contributed by atoms with Gasteiger partial charge in [-0.15, -0.1) is 0 Å². The smallest absolute Gasteiger partial charge is 0.302 e. The van der Waals surface area contributed by atoms with Crippen molar-refractivity contribution < 1.29 is 24.5 Å². The standard InChI is InChI=1S/C17H26O5/c1-10-13-7-12(17(4,21)9-22-11(2)18)5-6-16(13,3)15(20)8-14(10)19/h12,15,20-21H,5-9H2,1-4H3. The molecule has 0 aromatic heterocycles. The van der Waals surface area contributed by atoms with Crippen molar-refractivity contribution in [3.8, 4) is 0 Å². The lowest BCUT2D eigenvalue weighted by Gasteiger charge is -2.49. The molecule has 0 heterocycles. The first-order chi connectivity index (χ1) is 10.1. The summed E-state index contributed by atoms with van der Waals surface area (Å²) >= 11 is 0. The summed E-state index contributed by atoms with van der Waals surface area (Å²) in [5.74, 6) is -0.525. The van der Waals surface area contributed by atoms with E-state index in [0.717, 1.165) is 24.0 Å². The van der Waals surface area contributed by atoms with Gasteiger partial charge in [0.1, 0.15) is 6.61 Å². The third kappa shape index (κ3) is 2.97. The van der Waals surface area contributed by atoms with Crippen LogP contribution in [-0.4, -0.2) is 40.3 Å². The molecule has 4 unspecified atom stereocenters. The van der Waals surface area contributed by atoms with Crippen LogP contribution in [0.3, 0.4) is 0 Å². The van der Waals surface area contributed by atoms with Gasteiger partial charge in [-0.05, 0) is 44.6 Å². The topological polar surface area (TPSA) is 83.8 Å². The van der Waals surface area contributed by atoms with Crippen LogP contribution in [0, 0.1) is 11.3 Å². The molecule has 0 aliphatic heterocycles. The molecule has 2 aliphatic carbocycles. The Balaban J connectivity index is 2.23. The highest BCUT2D eigenvalue weighted by atomic mass is 16.5. The zero-order valence-corrected chi connectivity index (χ0v) is 13.8. The molecule has 5 nitrogen and oxygen atoms in total. The first-order valence-corrected chi connectivity index (χ1v) is 7.85. The lowest BCUT2D eigenvalue weighted by atomic mass is 9.58. The molecular weight excluding hydrogens is 284 g/mol. The van der Waals surface area contributed by atoms with Crippen LogP contribution in [0.1, 0.15) is 53.4 Å². The van der Waals surface area contributed by atoms with Gasteiger partial charge in [0, 0.05) is 18.8 Å². The summed E-state index contributed by atoms with van der Waals surface area (Å²) in [6.07, 6.45) is 1.53. The summed E-state index contributed by atoms with van der Waals surface area (Å²) in [5, 5.41) is 21.0. The molecule has 22 heavy (non-hydrogen) atoms. The summed E-state index contributed by atoms with van der Waals surface area (Å²) < 4.78 is 4.97. The highest BCUT2D eigenvalue weighted by Crippen LogP contribution is 2.52. The number of aliphatic hydroxyl groups is 2. The van der Waals surface area contributed by atoms with Gasteiger partial charge in [-0.3, -0.25) is 9.59 Å². The molecule has 124 valence electrons. The van der Waals surface area contributed by atoms with Crippen LogP contribution in [0.15, 0.2) is 11.1 Å². The van der Waals surface area contributed by atoms with Gasteiger partial charge in [0.2, 0.25) is 0 Å². The largest absolute Gasteiger partial charge is 0.463 e. The number of rotatable bonds is 3. The third-order valence-corrected chi connectivity index (χ3v) is 5.58. The van der Waals surface area contributed by atoms with Crippen molar-refractivity contribution in [2.75, 3.05) is 6.61 Å². The summed E-state index contributed by atoms with van der Waals surface area (Å²) in [6.45, 7) is 6.74. The molecule has 0 bridgehead atoms. The minimum absolute atomic E-state index is 0.0137. The highest BCUT2D eigenvalue weighted by Gasteiger charge is 2.49. The zero-order valence-electron chi connectivity index (χ0n) is 13.8. The van der Waals surface area contributed by atoms with E-state index in [0.29, 0.717) is 6.42 Å². The molecule has 2 aliphatic rings. The van der Waals surface area contributed by atoms with Gasteiger partial charge in [-0.25, -0.2) is 0 Å². The fourth-order valence-electron chi connectivity index (χ4n) is 3.77. The van der Waals surface area contributed by atoms with Gasteiger partial charge in [0.25, 0.3) is 0 Å². The van der Waals surface area contributed by atoms with E-state index >= 15 is 0 Å². The summed E-state index contributed by atoms with van der Waals surface area (Å²) in [6, 6.07) is 0. The van der Waals surface area contributed by atoms with E-state index in [-0.39, 0.29) is 30.1 Å². The molecule has 0 amide bonds. The Morgan fingerprint density at radius 3 is 2.68 bits per heavy atom. The molecule has 5 heteroatoms. The zero-order chi connectivity index (χ0) is 16.7. The SMILES string of the molecule is CC(=O)OCC(C)(O)C1CCC2(C)C(=C(C)C(=O)CC2O)C1. The Kier molecular flexibility index (Phi) is 4.51. The van der Waals surface area contributed by atoms with E-state index < -0.39 is 17.7 Å². The van der Waals surface area contributed by atoms with Crippen molar-refractivity contribution >= 4 is 11.8 Å². The maximum atomic E-state index is 12.0. The van der Waals surface area contributed by atoms with Crippen LogP contribution in [0.4, 0.5) is 0 Å². The maximum Gasteiger partial charge on any atom is 0.302 e. The summed E-state index contributed by atoms with van der Waals surface area (Å²) in [5.41, 5.74) is 0.161. The van der Waals surface area contributed by atoms with Crippen LogP contribution < -0.4 is 0 Å². The molecule has 1 fully saturated rings. The van der Waals surface area contributed by atoms with E-state index in [1.165, 1.54) is 6.92 Å². The number of aliphatic hydroxyl groups excluding tert-OH is 1. The number of esters is 1. The van der Waals surface area contributed by atoms with Crippen molar-refractivity contribution in [3.05, 3.63) is 11.1 Å². The lowest BCUT2D eigenvalue weighted by Crippen LogP contribution is -2.49. The number of hydrogen-bond acceptors (Lipinski definition) is 5. The summed E-state index contributed by atoms with van der Waals surface area (Å²) in [7, 11) is 0. The number of allylic oxidation sites excluding steroid dienone is 1.